The van der Waals surface area contributed by atoms with E-state index in [0.29, 0.717) is 18.8 Å². The lowest BCUT2D eigenvalue weighted by molar-refractivity contribution is 0.0693. The van der Waals surface area contributed by atoms with Gasteiger partial charge in [0.05, 0.1) is 18.6 Å². The van der Waals surface area contributed by atoms with Crippen molar-refractivity contribution in [2.75, 3.05) is 25.2 Å². The minimum absolute atomic E-state index is 0.0473. The van der Waals surface area contributed by atoms with Gasteiger partial charge in [-0.1, -0.05) is 6.07 Å². The molecule has 0 aliphatic carbocycles. The lowest BCUT2D eigenvalue weighted by atomic mass is 10.1. The second-order valence-corrected chi connectivity index (χ2v) is 7.50. The molecular weight excluding hydrogens is 294 g/mol. The van der Waals surface area contributed by atoms with Crippen LogP contribution in [0.3, 0.4) is 0 Å². The van der Waals surface area contributed by atoms with Crippen molar-refractivity contribution < 1.29 is 23.1 Å². The molecule has 1 atom stereocenters. The first-order valence-corrected chi connectivity index (χ1v) is 8.49. The van der Waals surface area contributed by atoms with E-state index in [1.54, 1.807) is 12.1 Å². The van der Waals surface area contributed by atoms with Gasteiger partial charge in [0.2, 0.25) is 0 Å². The zero-order chi connectivity index (χ0) is 15.6. The Bertz CT molecular complexity index is 641. The topological polar surface area (TPSA) is 83.9 Å². The summed E-state index contributed by atoms with van der Waals surface area (Å²) in [5.74, 6) is -0.382. The third kappa shape index (κ3) is 3.74. The molecule has 21 heavy (non-hydrogen) atoms. The molecule has 0 radical (unpaired) electrons. The first-order valence-electron chi connectivity index (χ1n) is 6.67. The van der Waals surface area contributed by atoms with E-state index in [4.69, 9.17) is 9.84 Å². The van der Waals surface area contributed by atoms with Gasteiger partial charge in [-0.3, -0.25) is 4.90 Å². The lowest BCUT2D eigenvalue weighted by Crippen LogP contribution is -2.46. The van der Waals surface area contributed by atoms with Crippen LogP contribution in [0.25, 0.3) is 0 Å². The minimum atomic E-state index is -2.93. The van der Waals surface area contributed by atoms with Crippen molar-refractivity contribution in [2.45, 2.75) is 19.5 Å². The number of rotatable bonds is 4. The van der Waals surface area contributed by atoms with E-state index in [-0.39, 0.29) is 23.1 Å². The molecule has 1 aromatic carbocycles. The molecule has 1 N–H and O–H groups in total. The lowest BCUT2D eigenvalue weighted by Gasteiger charge is -2.33. The summed E-state index contributed by atoms with van der Waals surface area (Å²) in [5.41, 5.74) is 1.03. The Labute approximate surface area is 124 Å². The quantitative estimate of drug-likeness (QED) is 0.893. The summed E-state index contributed by atoms with van der Waals surface area (Å²) in [6.45, 7) is 2.96. The van der Waals surface area contributed by atoms with Crippen molar-refractivity contribution in [3.8, 4) is 5.75 Å². The summed E-state index contributed by atoms with van der Waals surface area (Å²) < 4.78 is 28.2. The fraction of sp³-hybridized carbons (Fsp3) is 0.500. The first kappa shape index (κ1) is 15.8. The van der Waals surface area contributed by atoms with Crippen LogP contribution in [-0.4, -0.2) is 55.6 Å². The van der Waals surface area contributed by atoms with Crippen LogP contribution in [0.15, 0.2) is 18.2 Å². The highest BCUT2D eigenvalue weighted by molar-refractivity contribution is 7.91. The molecule has 1 aromatic rings. The largest absolute Gasteiger partial charge is 0.496 e. The molecular formula is C14H19NO5S. The van der Waals surface area contributed by atoms with Gasteiger partial charge in [0.15, 0.2) is 9.84 Å². The van der Waals surface area contributed by atoms with Gasteiger partial charge in [0.1, 0.15) is 11.3 Å². The third-order valence-corrected chi connectivity index (χ3v) is 5.48. The Balaban J connectivity index is 2.15. The summed E-state index contributed by atoms with van der Waals surface area (Å²) in [6.07, 6.45) is 0. The van der Waals surface area contributed by atoms with Gasteiger partial charge < -0.3 is 9.84 Å². The number of sulfone groups is 1. The Hall–Kier alpha value is -1.60. The highest BCUT2D eigenvalue weighted by atomic mass is 32.2. The predicted molar refractivity (Wildman–Crippen MR) is 78.5 cm³/mol. The molecule has 116 valence electrons. The van der Waals surface area contributed by atoms with Crippen LogP contribution in [0, 0.1) is 0 Å². The van der Waals surface area contributed by atoms with Crippen molar-refractivity contribution in [1.29, 1.82) is 0 Å². The van der Waals surface area contributed by atoms with E-state index < -0.39 is 15.8 Å². The number of hydrogen-bond acceptors (Lipinski definition) is 5. The molecule has 1 aliphatic heterocycles. The minimum Gasteiger partial charge on any atom is -0.496 e. The Morgan fingerprint density at radius 3 is 2.76 bits per heavy atom. The van der Waals surface area contributed by atoms with Gasteiger partial charge in [-0.15, -0.1) is 0 Å². The van der Waals surface area contributed by atoms with Gasteiger partial charge in [-0.05, 0) is 24.6 Å². The third-order valence-electron chi connectivity index (χ3n) is 3.69. The molecule has 0 amide bonds. The van der Waals surface area contributed by atoms with Crippen LogP contribution >= 0.6 is 0 Å². The molecule has 1 unspecified atom stereocenters. The maximum Gasteiger partial charge on any atom is 0.339 e. The fourth-order valence-electron chi connectivity index (χ4n) is 2.51. The molecule has 0 aromatic heterocycles. The van der Waals surface area contributed by atoms with Crippen molar-refractivity contribution in [2.24, 2.45) is 0 Å². The molecule has 1 fully saturated rings. The molecule has 0 saturated carbocycles. The average molecular weight is 313 g/mol. The number of carboxylic acids is 1. The van der Waals surface area contributed by atoms with Crippen molar-refractivity contribution in [3.63, 3.8) is 0 Å². The summed E-state index contributed by atoms with van der Waals surface area (Å²) in [4.78, 5) is 13.1. The molecule has 1 aliphatic rings. The van der Waals surface area contributed by atoms with E-state index in [0.717, 1.165) is 5.56 Å². The molecule has 1 saturated heterocycles. The van der Waals surface area contributed by atoms with Crippen LogP contribution in [0.5, 0.6) is 5.75 Å². The maximum atomic E-state index is 11.6. The predicted octanol–water partition coefficient (Wildman–Crippen LogP) is 1.01. The standard InChI is InChI=1S/C14H19NO5S/c1-10-9-21(18,19)6-5-15(10)8-11-3-4-12(14(16)17)13(7-11)20-2/h3-4,7,10H,5-6,8-9H2,1-2H3,(H,16,17). The Morgan fingerprint density at radius 1 is 1.48 bits per heavy atom. The maximum absolute atomic E-state index is 11.6. The first-order chi connectivity index (χ1) is 9.82. The van der Waals surface area contributed by atoms with Gasteiger partial charge in [0, 0.05) is 19.1 Å². The number of ether oxygens (including phenoxy) is 1. The number of nitrogens with zero attached hydrogens (tertiary/aromatic N) is 1. The highest BCUT2D eigenvalue weighted by Crippen LogP contribution is 2.22. The zero-order valence-electron chi connectivity index (χ0n) is 12.1. The molecule has 1 heterocycles. The smallest absolute Gasteiger partial charge is 0.339 e. The van der Waals surface area contributed by atoms with E-state index in [2.05, 4.69) is 4.90 Å². The van der Waals surface area contributed by atoms with Gasteiger partial charge in [0.25, 0.3) is 0 Å². The van der Waals surface area contributed by atoms with Crippen molar-refractivity contribution in [1.82, 2.24) is 4.90 Å². The zero-order valence-corrected chi connectivity index (χ0v) is 12.9. The molecule has 7 heteroatoms. The number of benzene rings is 1. The van der Waals surface area contributed by atoms with E-state index in [1.807, 2.05) is 6.92 Å². The second kappa shape index (κ2) is 6.03. The monoisotopic (exact) mass is 313 g/mol. The summed E-state index contributed by atoms with van der Waals surface area (Å²) >= 11 is 0. The van der Waals surface area contributed by atoms with Crippen molar-refractivity contribution in [3.05, 3.63) is 29.3 Å². The summed E-state index contributed by atoms with van der Waals surface area (Å²) in [7, 11) is -1.50. The SMILES string of the molecule is COc1cc(CN2CCS(=O)(=O)CC2C)ccc1C(=O)O. The molecule has 6 nitrogen and oxygen atoms in total. The Kier molecular flexibility index (Phi) is 4.53. The fourth-order valence-corrected chi connectivity index (χ4v) is 4.14. The summed E-state index contributed by atoms with van der Waals surface area (Å²) in [6, 6.07) is 4.90. The highest BCUT2D eigenvalue weighted by Gasteiger charge is 2.28. The molecule has 2 rings (SSSR count). The average Bonchev–Trinajstić information content (AvgIpc) is 2.41. The van der Waals surface area contributed by atoms with E-state index >= 15 is 0 Å². The number of methoxy groups -OCH3 is 1. The van der Waals surface area contributed by atoms with Crippen LogP contribution < -0.4 is 4.74 Å². The van der Waals surface area contributed by atoms with Gasteiger partial charge in [-0.2, -0.15) is 0 Å². The molecule has 0 spiro atoms. The summed E-state index contributed by atoms with van der Waals surface area (Å²) in [5, 5.41) is 9.05. The van der Waals surface area contributed by atoms with E-state index in [9.17, 15) is 13.2 Å². The van der Waals surface area contributed by atoms with Crippen molar-refractivity contribution >= 4 is 15.8 Å². The number of carbonyl (C=O) groups is 1. The normalized spacial score (nSPS) is 21.9. The van der Waals surface area contributed by atoms with Crippen LogP contribution in [0.1, 0.15) is 22.8 Å². The van der Waals surface area contributed by atoms with E-state index in [1.165, 1.54) is 13.2 Å². The number of hydrogen-bond donors (Lipinski definition) is 1. The Morgan fingerprint density at radius 2 is 2.19 bits per heavy atom. The second-order valence-electron chi connectivity index (χ2n) is 5.27. The number of aromatic carboxylic acids is 1. The van der Waals surface area contributed by atoms with Gasteiger partial charge >= 0.3 is 5.97 Å². The van der Waals surface area contributed by atoms with Crippen LogP contribution in [-0.2, 0) is 16.4 Å². The molecule has 0 bridgehead atoms. The van der Waals surface area contributed by atoms with Crippen LogP contribution in [0.4, 0.5) is 0 Å². The van der Waals surface area contributed by atoms with Crippen LogP contribution in [0.2, 0.25) is 0 Å². The number of carboxylic acid groups (broad SMARTS) is 1. The van der Waals surface area contributed by atoms with Gasteiger partial charge in [-0.25, -0.2) is 13.2 Å².